The second-order valence-electron chi connectivity index (χ2n) is 5.54. The summed E-state index contributed by atoms with van der Waals surface area (Å²) < 4.78 is 19.6. The van der Waals surface area contributed by atoms with E-state index in [0.29, 0.717) is 18.2 Å². The van der Waals surface area contributed by atoms with E-state index in [1.807, 2.05) is 42.5 Å². The Morgan fingerprint density at radius 3 is 2.52 bits per heavy atom. The maximum atomic E-state index is 12.9. The molecule has 5 heteroatoms. The third kappa shape index (κ3) is 5.21. The van der Waals surface area contributed by atoms with E-state index in [0.717, 1.165) is 27.0 Å². The standard InChI is InChI=1S/C20H16BrClFNO/c21-19-9-8-17(11-20(19)22)24-12-15-2-1-3-18(10-15)25-13-14-4-6-16(23)7-5-14/h1-11,24H,12-13H2. The molecule has 0 amide bonds. The molecule has 0 saturated carbocycles. The van der Waals surface area contributed by atoms with Crippen LogP contribution in [-0.4, -0.2) is 0 Å². The van der Waals surface area contributed by atoms with E-state index in [1.54, 1.807) is 12.1 Å². The summed E-state index contributed by atoms with van der Waals surface area (Å²) in [6.45, 7) is 1.06. The van der Waals surface area contributed by atoms with Crippen molar-refractivity contribution in [3.63, 3.8) is 0 Å². The molecule has 0 spiro atoms. The van der Waals surface area contributed by atoms with Gasteiger partial charge in [-0.15, -0.1) is 0 Å². The van der Waals surface area contributed by atoms with Crippen molar-refractivity contribution < 1.29 is 9.13 Å². The van der Waals surface area contributed by atoms with Gasteiger partial charge in [0, 0.05) is 16.7 Å². The lowest BCUT2D eigenvalue weighted by Crippen LogP contribution is -2.00. The van der Waals surface area contributed by atoms with Crippen molar-refractivity contribution in [3.8, 4) is 5.75 Å². The summed E-state index contributed by atoms with van der Waals surface area (Å²) in [5.74, 6) is 0.530. The van der Waals surface area contributed by atoms with Crippen molar-refractivity contribution in [2.24, 2.45) is 0 Å². The van der Waals surface area contributed by atoms with E-state index in [1.165, 1.54) is 12.1 Å². The molecule has 0 radical (unpaired) electrons. The smallest absolute Gasteiger partial charge is 0.123 e. The number of hydrogen-bond donors (Lipinski definition) is 1. The van der Waals surface area contributed by atoms with Gasteiger partial charge in [-0.2, -0.15) is 0 Å². The van der Waals surface area contributed by atoms with Crippen LogP contribution in [0.4, 0.5) is 10.1 Å². The van der Waals surface area contributed by atoms with Gasteiger partial charge in [0.25, 0.3) is 0 Å². The van der Waals surface area contributed by atoms with Crippen LogP contribution in [-0.2, 0) is 13.2 Å². The highest BCUT2D eigenvalue weighted by molar-refractivity contribution is 9.10. The Labute approximate surface area is 159 Å². The molecule has 0 aliphatic heterocycles. The number of benzene rings is 3. The van der Waals surface area contributed by atoms with Crippen molar-refractivity contribution in [2.45, 2.75) is 13.2 Å². The molecule has 0 aromatic heterocycles. The molecule has 3 rings (SSSR count). The third-order valence-electron chi connectivity index (χ3n) is 3.63. The van der Waals surface area contributed by atoms with Crippen LogP contribution in [0.25, 0.3) is 0 Å². The first-order valence-corrected chi connectivity index (χ1v) is 8.92. The number of hydrogen-bond acceptors (Lipinski definition) is 2. The van der Waals surface area contributed by atoms with Crippen molar-refractivity contribution in [2.75, 3.05) is 5.32 Å². The monoisotopic (exact) mass is 419 g/mol. The Bertz CT molecular complexity index is 855. The molecule has 0 aliphatic rings. The topological polar surface area (TPSA) is 21.3 Å². The van der Waals surface area contributed by atoms with Crippen LogP contribution in [0.2, 0.25) is 5.02 Å². The summed E-state index contributed by atoms with van der Waals surface area (Å²) in [6, 6.07) is 19.9. The van der Waals surface area contributed by atoms with Gasteiger partial charge < -0.3 is 10.1 Å². The van der Waals surface area contributed by atoms with Gasteiger partial charge in [0.05, 0.1) is 5.02 Å². The van der Waals surface area contributed by atoms with E-state index in [4.69, 9.17) is 16.3 Å². The zero-order chi connectivity index (χ0) is 17.6. The van der Waals surface area contributed by atoms with Crippen molar-refractivity contribution in [1.29, 1.82) is 0 Å². The van der Waals surface area contributed by atoms with E-state index < -0.39 is 0 Å². The van der Waals surface area contributed by atoms with Crippen molar-refractivity contribution in [3.05, 3.63) is 93.2 Å². The Balaban J connectivity index is 1.59. The SMILES string of the molecule is Fc1ccc(COc2cccc(CNc3ccc(Br)c(Cl)c3)c2)cc1. The average molecular weight is 421 g/mol. The fraction of sp³-hybridized carbons (Fsp3) is 0.100. The van der Waals surface area contributed by atoms with Crippen LogP contribution in [0.15, 0.2) is 71.2 Å². The molecule has 128 valence electrons. The molecule has 0 aliphatic carbocycles. The second-order valence-corrected chi connectivity index (χ2v) is 6.81. The number of rotatable bonds is 6. The first-order valence-electron chi connectivity index (χ1n) is 7.75. The Kier molecular flexibility index (Phi) is 5.95. The molecule has 0 bridgehead atoms. The quantitative estimate of drug-likeness (QED) is 0.496. The minimum Gasteiger partial charge on any atom is -0.489 e. The van der Waals surface area contributed by atoms with Crippen LogP contribution in [0.1, 0.15) is 11.1 Å². The lowest BCUT2D eigenvalue weighted by molar-refractivity contribution is 0.306. The summed E-state index contributed by atoms with van der Waals surface area (Å²) in [6.07, 6.45) is 0. The van der Waals surface area contributed by atoms with E-state index in [2.05, 4.69) is 21.2 Å². The number of nitrogens with one attached hydrogen (secondary N) is 1. The van der Waals surface area contributed by atoms with E-state index in [9.17, 15) is 4.39 Å². The van der Waals surface area contributed by atoms with Gasteiger partial charge in [0.1, 0.15) is 18.2 Å². The normalized spacial score (nSPS) is 10.5. The molecule has 2 nitrogen and oxygen atoms in total. The molecular weight excluding hydrogens is 405 g/mol. The zero-order valence-corrected chi connectivity index (χ0v) is 15.6. The number of ether oxygens (including phenoxy) is 1. The van der Waals surface area contributed by atoms with Crippen LogP contribution in [0, 0.1) is 5.82 Å². The first kappa shape index (κ1) is 17.8. The lowest BCUT2D eigenvalue weighted by atomic mass is 10.2. The molecule has 0 unspecified atom stereocenters. The molecule has 0 fully saturated rings. The van der Waals surface area contributed by atoms with Crippen LogP contribution < -0.4 is 10.1 Å². The average Bonchev–Trinajstić information content (AvgIpc) is 2.63. The van der Waals surface area contributed by atoms with Crippen LogP contribution in [0.5, 0.6) is 5.75 Å². The van der Waals surface area contributed by atoms with Gasteiger partial charge in [-0.1, -0.05) is 35.9 Å². The fourth-order valence-electron chi connectivity index (χ4n) is 2.30. The minimum absolute atomic E-state index is 0.245. The van der Waals surface area contributed by atoms with Crippen LogP contribution in [0.3, 0.4) is 0 Å². The summed E-state index contributed by atoms with van der Waals surface area (Å²) in [5, 5.41) is 4.00. The van der Waals surface area contributed by atoms with Gasteiger partial charge in [-0.25, -0.2) is 4.39 Å². The fourth-order valence-corrected chi connectivity index (χ4v) is 2.73. The second kappa shape index (κ2) is 8.37. The minimum atomic E-state index is -0.245. The van der Waals surface area contributed by atoms with Gasteiger partial charge in [-0.3, -0.25) is 0 Å². The number of halogens is 3. The highest BCUT2D eigenvalue weighted by Gasteiger charge is 2.01. The van der Waals surface area contributed by atoms with Gasteiger partial charge >= 0.3 is 0 Å². The summed E-state index contributed by atoms with van der Waals surface area (Å²) >= 11 is 9.48. The van der Waals surface area contributed by atoms with E-state index >= 15 is 0 Å². The molecule has 0 atom stereocenters. The Hall–Kier alpha value is -2.04. The first-order chi connectivity index (χ1) is 12.1. The summed E-state index contributed by atoms with van der Waals surface area (Å²) in [4.78, 5) is 0. The Morgan fingerprint density at radius 1 is 0.960 bits per heavy atom. The van der Waals surface area contributed by atoms with Gasteiger partial charge in [0.15, 0.2) is 0 Å². The maximum Gasteiger partial charge on any atom is 0.123 e. The highest BCUT2D eigenvalue weighted by Crippen LogP contribution is 2.26. The number of anilines is 1. The highest BCUT2D eigenvalue weighted by atomic mass is 79.9. The predicted octanol–water partition coefficient (Wildman–Crippen LogP) is 6.43. The molecule has 3 aromatic rings. The molecule has 25 heavy (non-hydrogen) atoms. The van der Waals surface area contributed by atoms with E-state index in [-0.39, 0.29) is 5.82 Å². The van der Waals surface area contributed by atoms with Gasteiger partial charge in [0.2, 0.25) is 0 Å². The predicted molar refractivity (Wildman–Crippen MR) is 104 cm³/mol. The molecule has 1 N–H and O–H groups in total. The zero-order valence-electron chi connectivity index (χ0n) is 13.3. The third-order valence-corrected chi connectivity index (χ3v) is 4.87. The van der Waals surface area contributed by atoms with Crippen molar-refractivity contribution in [1.82, 2.24) is 0 Å². The summed E-state index contributed by atoms with van der Waals surface area (Å²) in [7, 11) is 0. The summed E-state index contributed by atoms with van der Waals surface area (Å²) in [5.41, 5.74) is 2.97. The van der Waals surface area contributed by atoms with Crippen LogP contribution >= 0.6 is 27.5 Å². The van der Waals surface area contributed by atoms with Crippen molar-refractivity contribution >= 4 is 33.2 Å². The maximum absolute atomic E-state index is 12.9. The molecule has 0 saturated heterocycles. The van der Waals surface area contributed by atoms with Gasteiger partial charge in [-0.05, 0) is 69.5 Å². The lowest BCUT2D eigenvalue weighted by Gasteiger charge is -2.10. The molecular formula is C20H16BrClFNO. The molecule has 3 aromatic carbocycles. The molecule has 0 heterocycles. The largest absolute Gasteiger partial charge is 0.489 e. The Morgan fingerprint density at radius 2 is 1.76 bits per heavy atom.